The topological polar surface area (TPSA) is 20.2 Å². The summed E-state index contributed by atoms with van der Waals surface area (Å²) in [7, 11) is 0. The third-order valence-electron chi connectivity index (χ3n) is 4.31. The fourth-order valence-electron chi connectivity index (χ4n) is 2.81. The molecule has 21 heavy (non-hydrogen) atoms. The predicted octanol–water partition coefficient (Wildman–Crippen LogP) is 5.26. The lowest BCUT2D eigenvalue weighted by Crippen LogP contribution is -2.19. The van der Waals surface area contributed by atoms with Crippen LogP contribution in [-0.4, -0.2) is 10.7 Å². The fraction of sp³-hybridized carbons (Fsp3) is 0.474. The maximum atomic E-state index is 14.1. The Bertz CT molecular complexity index is 588. The molecule has 0 aliphatic heterocycles. The number of hydrogen-bond acceptors (Lipinski definition) is 1. The minimum atomic E-state index is -0.683. The van der Waals surface area contributed by atoms with Gasteiger partial charge in [0.2, 0.25) is 0 Å². The first-order valence-corrected chi connectivity index (χ1v) is 7.61. The standard InChI is InChI=1S/C19H25FO/c1-13-11-15(9-10-19(3,4)21)17(12-14(13)2)16-7-5-6-8-18(16)20/h5-8,21H,9-12H2,1-4H3. The lowest BCUT2D eigenvalue weighted by Gasteiger charge is -2.26. The van der Waals surface area contributed by atoms with E-state index in [-0.39, 0.29) is 5.82 Å². The lowest BCUT2D eigenvalue weighted by molar-refractivity contribution is 0.0712. The first-order valence-electron chi connectivity index (χ1n) is 7.61. The van der Waals surface area contributed by atoms with E-state index in [1.165, 1.54) is 22.8 Å². The molecule has 0 heterocycles. The molecule has 0 atom stereocenters. The van der Waals surface area contributed by atoms with Gasteiger partial charge in [0, 0.05) is 5.56 Å². The number of rotatable bonds is 4. The van der Waals surface area contributed by atoms with Gasteiger partial charge in [-0.25, -0.2) is 4.39 Å². The number of aliphatic hydroxyl groups is 1. The Balaban J connectivity index is 2.37. The van der Waals surface area contributed by atoms with Crippen LogP contribution in [0, 0.1) is 5.82 Å². The van der Waals surface area contributed by atoms with Crippen molar-refractivity contribution in [3.05, 3.63) is 52.4 Å². The molecule has 0 spiro atoms. The van der Waals surface area contributed by atoms with E-state index in [9.17, 15) is 9.50 Å². The molecule has 1 aliphatic carbocycles. The second-order valence-electron chi connectivity index (χ2n) is 6.79. The van der Waals surface area contributed by atoms with Gasteiger partial charge in [-0.15, -0.1) is 0 Å². The molecule has 0 unspecified atom stereocenters. The van der Waals surface area contributed by atoms with Crippen LogP contribution in [-0.2, 0) is 0 Å². The molecule has 0 fully saturated rings. The third kappa shape index (κ3) is 4.04. The van der Waals surface area contributed by atoms with Crippen molar-refractivity contribution in [2.45, 2.75) is 59.0 Å². The van der Waals surface area contributed by atoms with Crippen molar-refractivity contribution < 1.29 is 9.50 Å². The van der Waals surface area contributed by atoms with E-state index in [4.69, 9.17) is 0 Å². The molecular formula is C19H25FO. The van der Waals surface area contributed by atoms with Crippen LogP contribution in [0.5, 0.6) is 0 Å². The summed E-state index contributed by atoms with van der Waals surface area (Å²) in [5.41, 5.74) is 5.12. The van der Waals surface area contributed by atoms with Crippen molar-refractivity contribution in [1.82, 2.24) is 0 Å². The monoisotopic (exact) mass is 288 g/mol. The molecule has 1 nitrogen and oxygen atoms in total. The second-order valence-corrected chi connectivity index (χ2v) is 6.79. The van der Waals surface area contributed by atoms with Gasteiger partial charge in [-0.3, -0.25) is 0 Å². The molecule has 1 aromatic carbocycles. The molecule has 0 bridgehead atoms. The second kappa shape index (κ2) is 6.15. The first-order chi connectivity index (χ1) is 9.78. The molecule has 114 valence electrons. The molecule has 1 aromatic rings. The van der Waals surface area contributed by atoms with Crippen LogP contribution in [0.4, 0.5) is 4.39 Å². The highest BCUT2D eigenvalue weighted by Crippen LogP contribution is 2.39. The molecule has 0 aromatic heterocycles. The number of halogens is 1. The SMILES string of the molecule is CC1=C(C)CC(c2ccccc2F)=C(CCC(C)(C)O)C1. The highest BCUT2D eigenvalue weighted by atomic mass is 19.1. The zero-order valence-corrected chi connectivity index (χ0v) is 13.5. The fourth-order valence-corrected chi connectivity index (χ4v) is 2.81. The van der Waals surface area contributed by atoms with E-state index >= 15 is 0 Å². The highest BCUT2D eigenvalue weighted by Gasteiger charge is 2.21. The van der Waals surface area contributed by atoms with Gasteiger partial charge in [-0.1, -0.05) is 34.9 Å². The Kier molecular flexibility index (Phi) is 4.67. The van der Waals surface area contributed by atoms with Crippen LogP contribution in [0.2, 0.25) is 0 Å². The molecular weight excluding hydrogens is 263 g/mol. The van der Waals surface area contributed by atoms with Crippen molar-refractivity contribution in [1.29, 1.82) is 0 Å². The van der Waals surface area contributed by atoms with Crippen molar-refractivity contribution in [2.75, 3.05) is 0 Å². The van der Waals surface area contributed by atoms with Gasteiger partial charge in [-0.2, -0.15) is 0 Å². The summed E-state index contributed by atoms with van der Waals surface area (Å²) in [6.07, 6.45) is 3.23. The molecule has 0 saturated carbocycles. The summed E-state index contributed by atoms with van der Waals surface area (Å²) in [6.45, 7) is 7.93. The van der Waals surface area contributed by atoms with Crippen molar-refractivity contribution in [3.63, 3.8) is 0 Å². The quantitative estimate of drug-likeness (QED) is 0.749. The van der Waals surface area contributed by atoms with E-state index < -0.39 is 5.60 Å². The van der Waals surface area contributed by atoms with Gasteiger partial charge in [-0.05, 0) is 65.0 Å². The number of benzene rings is 1. The predicted molar refractivity (Wildman–Crippen MR) is 86.5 cm³/mol. The summed E-state index contributed by atoms with van der Waals surface area (Å²) in [4.78, 5) is 0. The van der Waals surface area contributed by atoms with Gasteiger partial charge in [0.15, 0.2) is 0 Å². The maximum absolute atomic E-state index is 14.1. The van der Waals surface area contributed by atoms with Crippen LogP contribution in [0.1, 0.15) is 58.9 Å². The van der Waals surface area contributed by atoms with E-state index in [1.54, 1.807) is 6.07 Å². The van der Waals surface area contributed by atoms with Gasteiger partial charge >= 0.3 is 0 Å². The van der Waals surface area contributed by atoms with Crippen molar-refractivity contribution in [3.8, 4) is 0 Å². The third-order valence-corrected chi connectivity index (χ3v) is 4.31. The summed E-state index contributed by atoms with van der Waals surface area (Å²) in [5, 5.41) is 9.97. The Morgan fingerprint density at radius 2 is 1.71 bits per heavy atom. The van der Waals surface area contributed by atoms with Crippen molar-refractivity contribution in [2.24, 2.45) is 0 Å². The minimum absolute atomic E-state index is 0.152. The lowest BCUT2D eigenvalue weighted by atomic mass is 9.81. The molecule has 0 radical (unpaired) electrons. The van der Waals surface area contributed by atoms with Crippen LogP contribution in [0.3, 0.4) is 0 Å². The Morgan fingerprint density at radius 3 is 2.33 bits per heavy atom. The molecule has 2 rings (SSSR count). The summed E-state index contributed by atoms with van der Waals surface area (Å²) in [6, 6.07) is 7.01. The molecule has 1 N–H and O–H groups in total. The summed E-state index contributed by atoms with van der Waals surface area (Å²) in [5.74, 6) is -0.152. The van der Waals surface area contributed by atoms with E-state index in [0.29, 0.717) is 6.42 Å². The Morgan fingerprint density at radius 1 is 1.10 bits per heavy atom. The number of allylic oxidation sites excluding steroid dienone is 4. The van der Waals surface area contributed by atoms with E-state index in [1.807, 2.05) is 26.0 Å². The largest absolute Gasteiger partial charge is 0.390 e. The zero-order valence-electron chi connectivity index (χ0n) is 13.5. The highest BCUT2D eigenvalue weighted by molar-refractivity contribution is 5.73. The maximum Gasteiger partial charge on any atom is 0.130 e. The normalized spacial score (nSPS) is 16.7. The molecule has 2 heteroatoms. The number of hydrogen-bond donors (Lipinski definition) is 1. The smallest absolute Gasteiger partial charge is 0.130 e. The summed E-state index contributed by atoms with van der Waals surface area (Å²) < 4.78 is 14.1. The summed E-state index contributed by atoms with van der Waals surface area (Å²) >= 11 is 0. The van der Waals surface area contributed by atoms with Gasteiger partial charge in [0.25, 0.3) is 0 Å². The molecule has 0 amide bonds. The Labute approximate surface area is 127 Å². The van der Waals surface area contributed by atoms with Crippen LogP contribution in [0.25, 0.3) is 5.57 Å². The van der Waals surface area contributed by atoms with Crippen LogP contribution >= 0.6 is 0 Å². The average Bonchev–Trinajstić information content (AvgIpc) is 2.39. The molecule has 1 aliphatic rings. The van der Waals surface area contributed by atoms with Gasteiger partial charge in [0.1, 0.15) is 5.82 Å². The minimum Gasteiger partial charge on any atom is -0.390 e. The zero-order chi connectivity index (χ0) is 15.6. The average molecular weight is 288 g/mol. The van der Waals surface area contributed by atoms with Crippen LogP contribution < -0.4 is 0 Å². The van der Waals surface area contributed by atoms with Gasteiger partial charge < -0.3 is 5.11 Å². The first kappa shape index (κ1) is 16.0. The Hall–Kier alpha value is -1.41. The van der Waals surface area contributed by atoms with E-state index in [0.717, 1.165) is 30.4 Å². The van der Waals surface area contributed by atoms with Crippen molar-refractivity contribution >= 4 is 5.57 Å². The molecule has 0 saturated heterocycles. The van der Waals surface area contributed by atoms with Crippen LogP contribution in [0.15, 0.2) is 41.0 Å². The van der Waals surface area contributed by atoms with E-state index in [2.05, 4.69) is 13.8 Å². The van der Waals surface area contributed by atoms with Gasteiger partial charge in [0.05, 0.1) is 5.60 Å².